The van der Waals surface area contributed by atoms with Crippen molar-refractivity contribution in [3.8, 4) is 0 Å². The normalized spacial score (nSPS) is 20.6. The van der Waals surface area contributed by atoms with Gasteiger partial charge in [-0.15, -0.1) is 0 Å². The third-order valence-corrected chi connectivity index (χ3v) is 2.97. The van der Waals surface area contributed by atoms with Crippen molar-refractivity contribution in [2.75, 3.05) is 13.1 Å². The fourth-order valence-corrected chi connectivity index (χ4v) is 2.19. The third-order valence-electron chi connectivity index (χ3n) is 2.97. The topological polar surface area (TPSA) is 12.0 Å². The second kappa shape index (κ2) is 6.20. The lowest BCUT2D eigenvalue weighted by Crippen LogP contribution is -2.15. The molecule has 1 unspecified atom stereocenters. The Morgan fingerprint density at radius 2 is 2.23 bits per heavy atom. The second-order valence-corrected chi connectivity index (χ2v) is 3.96. The molecule has 0 radical (unpaired) electrons. The van der Waals surface area contributed by atoms with Gasteiger partial charge in [0.25, 0.3) is 0 Å². The van der Waals surface area contributed by atoms with Gasteiger partial charge in [0.2, 0.25) is 0 Å². The van der Waals surface area contributed by atoms with Crippen LogP contribution < -0.4 is 5.32 Å². The van der Waals surface area contributed by atoms with Crippen molar-refractivity contribution in [1.82, 2.24) is 5.32 Å². The summed E-state index contributed by atoms with van der Waals surface area (Å²) in [7, 11) is 0. The molecule has 1 aliphatic rings. The van der Waals surface area contributed by atoms with E-state index in [1.54, 1.807) is 5.57 Å². The summed E-state index contributed by atoms with van der Waals surface area (Å²) in [6, 6.07) is 0. The minimum absolute atomic E-state index is 0.866. The van der Waals surface area contributed by atoms with Crippen LogP contribution in [-0.2, 0) is 0 Å². The zero-order valence-corrected chi connectivity index (χ0v) is 9.10. The van der Waals surface area contributed by atoms with Crippen molar-refractivity contribution < 1.29 is 0 Å². The molecule has 0 bridgehead atoms. The standard InChI is InChI=1S/C12H23N/c1-3-6-11(4-2)12-7-5-9-13-10-8-12/h7,11,13H,3-6,8-10H2,1-2H3. The first-order valence-electron chi connectivity index (χ1n) is 5.78. The van der Waals surface area contributed by atoms with Gasteiger partial charge in [0.1, 0.15) is 0 Å². The SMILES string of the molecule is CCCC(CC)C1=CCCNCC1. The van der Waals surface area contributed by atoms with E-state index in [9.17, 15) is 0 Å². The fraction of sp³-hybridized carbons (Fsp3) is 0.833. The molecule has 1 aliphatic heterocycles. The zero-order chi connectivity index (χ0) is 9.52. The molecule has 0 aliphatic carbocycles. The van der Waals surface area contributed by atoms with E-state index >= 15 is 0 Å². The summed E-state index contributed by atoms with van der Waals surface area (Å²) < 4.78 is 0. The molecule has 13 heavy (non-hydrogen) atoms. The average molecular weight is 181 g/mol. The van der Waals surface area contributed by atoms with Crippen LogP contribution >= 0.6 is 0 Å². The molecule has 76 valence electrons. The molecule has 0 aromatic heterocycles. The van der Waals surface area contributed by atoms with Crippen molar-refractivity contribution in [2.24, 2.45) is 5.92 Å². The Balaban J connectivity index is 2.49. The smallest absolute Gasteiger partial charge is 0.00114 e. The Bertz CT molecular complexity index is 161. The minimum atomic E-state index is 0.866. The molecular weight excluding hydrogens is 158 g/mol. The second-order valence-electron chi connectivity index (χ2n) is 3.96. The molecular formula is C12H23N. The van der Waals surface area contributed by atoms with Crippen LogP contribution in [0.4, 0.5) is 0 Å². The van der Waals surface area contributed by atoms with E-state index in [0.29, 0.717) is 0 Å². The quantitative estimate of drug-likeness (QED) is 0.657. The molecule has 1 nitrogen and oxygen atoms in total. The lowest BCUT2D eigenvalue weighted by Gasteiger charge is -2.17. The molecule has 0 saturated carbocycles. The Morgan fingerprint density at radius 3 is 2.92 bits per heavy atom. The lowest BCUT2D eigenvalue weighted by atomic mass is 9.89. The van der Waals surface area contributed by atoms with E-state index in [1.165, 1.54) is 45.2 Å². The minimum Gasteiger partial charge on any atom is -0.316 e. The van der Waals surface area contributed by atoms with Crippen LogP contribution in [-0.4, -0.2) is 13.1 Å². The lowest BCUT2D eigenvalue weighted by molar-refractivity contribution is 0.515. The van der Waals surface area contributed by atoms with E-state index < -0.39 is 0 Å². The van der Waals surface area contributed by atoms with Crippen LogP contribution in [0.15, 0.2) is 11.6 Å². The number of hydrogen-bond acceptors (Lipinski definition) is 1. The van der Waals surface area contributed by atoms with Crippen LogP contribution in [0.25, 0.3) is 0 Å². The van der Waals surface area contributed by atoms with Gasteiger partial charge in [-0.3, -0.25) is 0 Å². The average Bonchev–Trinajstić information content (AvgIpc) is 2.42. The summed E-state index contributed by atoms with van der Waals surface area (Å²) >= 11 is 0. The van der Waals surface area contributed by atoms with Crippen LogP contribution in [0.1, 0.15) is 46.0 Å². The monoisotopic (exact) mass is 181 g/mol. The molecule has 1 heterocycles. The highest BCUT2D eigenvalue weighted by Gasteiger charge is 2.12. The van der Waals surface area contributed by atoms with Gasteiger partial charge in [-0.2, -0.15) is 0 Å². The molecule has 1 atom stereocenters. The molecule has 0 fully saturated rings. The van der Waals surface area contributed by atoms with Crippen molar-refractivity contribution in [1.29, 1.82) is 0 Å². The van der Waals surface area contributed by atoms with Gasteiger partial charge in [0.05, 0.1) is 0 Å². The number of hydrogen-bond donors (Lipinski definition) is 1. The van der Waals surface area contributed by atoms with Crippen molar-refractivity contribution in [3.05, 3.63) is 11.6 Å². The molecule has 0 amide bonds. The summed E-state index contributed by atoms with van der Waals surface area (Å²) in [5, 5.41) is 3.45. The van der Waals surface area contributed by atoms with Crippen molar-refractivity contribution >= 4 is 0 Å². The number of nitrogens with one attached hydrogen (secondary N) is 1. The maximum absolute atomic E-state index is 3.45. The summed E-state index contributed by atoms with van der Waals surface area (Å²) in [5.41, 5.74) is 1.72. The van der Waals surface area contributed by atoms with Gasteiger partial charge in [-0.1, -0.05) is 31.9 Å². The first-order valence-corrected chi connectivity index (χ1v) is 5.78. The predicted octanol–water partition coefficient (Wildman–Crippen LogP) is 3.12. The predicted molar refractivity (Wildman–Crippen MR) is 58.9 cm³/mol. The first kappa shape index (κ1) is 10.8. The fourth-order valence-electron chi connectivity index (χ4n) is 2.19. The Hall–Kier alpha value is -0.300. The first-order chi connectivity index (χ1) is 6.38. The largest absolute Gasteiger partial charge is 0.316 e. The highest BCUT2D eigenvalue weighted by molar-refractivity contribution is 5.08. The Labute approximate surface area is 82.6 Å². The van der Waals surface area contributed by atoms with E-state index in [2.05, 4.69) is 25.2 Å². The molecule has 1 N–H and O–H groups in total. The van der Waals surface area contributed by atoms with Crippen LogP contribution in [0, 0.1) is 5.92 Å². The molecule has 0 aromatic rings. The van der Waals surface area contributed by atoms with Gasteiger partial charge in [0, 0.05) is 0 Å². The van der Waals surface area contributed by atoms with E-state index in [-0.39, 0.29) is 0 Å². The van der Waals surface area contributed by atoms with Gasteiger partial charge < -0.3 is 5.32 Å². The maximum atomic E-state index is 3.45. The van der Waals surface area contributed by atoms with E-state index in [0.717, 1.165) is 5.92 Å². The molecule has 1 rings (SSSR count). The van der Waals surface area contributed by atoms with Crippen LogP contribution in [0.2, 0.25) is 0 Å². The molecule has 0 spiro atoms. The maximum Gasteiger partial charge on any atom is -0.00114 e. The molecule has 1 heteroatoms. The van der Waals surface area contributed by atoms with E-state index in [4.69, 9.17) is 0 Å². The Kier molecular flexibility index (Phi) is 5.14. The zero-order valence-electron chi connectivity index (χ0n) is 9.10. The van der Waals surface area contributed by atoms with Gasteiger partial charge in [0.15, 0.2) is 0 Å². The van der Waals surface area contributed by atoms with Gasteiger partial charge in [-0.05, 0) is 44.7 Å². The number of rotatable bonds is 4. The van der Waals surface area contributed by atoms with Crippen molar-refractivity contribution in [2.45, 2.75) is 46.0 Å². The molecule has 0 saturated heterocycles. The van der Waals surface area contributed by atoms with Crippen LogP contribution in [0.5, 0.6) is 0 Å². The Morgan fingerprint density at radius 1 is 1.38 bits per heavy atom. The summed E-state index contributed by atoms with van der Waals surface area (Å²) in [6.07, 6.45) is 9.00. The summed E-state index contributed by atoms with van der Waals surface area (Å²) in [4.78, 5) is 0. The van der Waals surface area contributed by atoms with Gasteiger partial charge in [-0.25, -0.2) is 0 Å². The molecule has 0 aromatic carbocycles. The third kappa shape index (κ3) is 3.51. The van der Waals surface area contributed by atoms with Crippen LogP contribution in [0.3, 0.4) is 0 Å². The highest BCUT2D eigenvalue weighted by atomic mass is 14.8. The summed E-state index contributed by atoms with van der Waals surface area (Å²) in [6.45, 7) is 6.97. The van der Waals surface area contributed by atoms with Crippen molar-refractivity contribution in [3.63, 3.8) is 0 Å². The highest BCUT2D eigenvalue weighted by Crippen LogP contribution is 2.24. The van der Waals surface area contributed by atoms with Gasteiger partial charge >= 0.3 is 0 Å². The van der Waals surface area contributed by atoms with E-state index in [1.807, 2.05) is 0 Å². The summed E-state index contributed by atoms with van der Waals surface area (Å²) in [5.74, 6) is 0.866.